The van der Waals surface area contributed by atoms with E-state index in [0.29, 0.717) is 17.7 Å². The minimum absolute atomic E-state index is 0.275. The Morgan fingerprint density at radius 2 is 1.89 bits per heavy atom. The van der Waals surface area contributed by atoms with Crippen LogP contribution in [0.15, 0.2) is 54.6 Å². The molecule has 2 N–H and O–H groups in total. The van der Waals surface area contributed by atoms with Crippen LogP contribution in [-0.4, -0.2) is 36.4 Å². The fraction of sp³-hybridized carbons (Fsp3) is 0.286. The molecule has 7 nitrogen and oxygen atoms in total. The summed E-state index contributed by atoms with van der Waals surface area (Å²) in [4.78, 5) is 38.7. The van der Waals surface area contributed by atoms with Crippen molar-refractivity contribution >= 4 is 17.8 Å². The third-order valence-electron chi connectivity index (χ3n) is 4.90. The van der Waals surface area contributed by atoms with Crippen LogP contribution in [0.25, 0.3) is 0 Å². The average molecular weight is 381 g/mol. The van der Waals surface area contributed by atoms with Crippen LogP contribution < -0.4 is 15.4 Å². The monoisotopic (exact) mass is 381 g/mol. The molecular formula is C21H23N3O4. The van der Waals surface area contributed by atoms with Crippen molar-refractivity contribution in [3.05, 3.63) is 65.7 Å². The Balaban J connectivity index is 1.67. The summed E-state index contributed by atoms with van der Waals surface area (Å²) in [7, 11) is 1.57. The highest BCUT2D eigenvalue weighted by Gasteiger charge is 2.51. The highest BCUT2D eigenvalue weighted by molar-refractivity contribution is 6.09. The summed E-state index contributed by atoms with van der Waals surface area (Å²) < 4.78 is 5.16. The normalized spacial score (nSPS) is 18.7. The molecule has 0 spiro atoms. The minimum atomic E-state index is -1.13. The summed E-state index contributed by atoms with van der Waals surface area (Å²) in [6.07, 6.45) is 0.392. The number of hydrogen-bond acceptors (Lipinski definition) is 4. The van der Waals surface area contributed by atoms with Gasteiger partial charge in [-0.15, -0.1) is 0 Å². The Labute approximate surface area is 163 Å². The van der Waals surface area contributed by atoms with Gasteiger partial charge in [-0.05, 0) is 29.7 Å². The molecule has 0 aromatic heterocycles. The van der Waals surface area contributed by atoms with Gasteiger partial charge in [0.2, 0.25) is 5.91 Å². The second kappa shape index (κ2) is 8.12. The highest BCUT2D eigenvalue weighted by Crippen LogP contribution is 2.32. The number of methoxy groups -OCH3 is 1. The molecule has 28 heavy (non-hydrogen) atoms. The molecule has 1 heterocycles. The van der Waals surface area contributed by atoms with Crippen LogP contribution in [0, 0.1) is 0 Å². The standard InChI is InChI=1S/C21H23N3O4/c1-3-21(16-9-5-4-6-10-16)19(26)24(20(27)23-21)14-18(25)22-13-15-8-7-11-17(12-15)28-2/h4-12H,3,13-14H2,1-2H3,(H,22,25)(H,23,27)/t21-/m1/s1. The number of nitrogens with one attached hydrogen (secondary N) is 2. The van der Waals surface area contributed by atoms with Crippen molar-refractivity contribution in [1.82, 2.24) is 15.5 Å². The number of hydrogen-bond donors (Lipinski definition) is 2. The molecule has 2 aromatic rings. The van der Waals surface area contributed by atoms with Gasteiger partial charge in [0, 0.05) is 6.54 Å². The quantitative estimate of drug-likeness (QED) is 0.720. The number of nitrogens with zero attached hydrogens (tertiary/aromatic N) is 1. The average Bonchev–Trinajstić information content (AvgIpc) is 2.98. The molecule has 1 saturated heterocycles. The summed E-state index contributed by atoms with van der Waals surface area (Å²) in [6.45, 7) is 1.78. The topological polar surface area (TPSA) is 87.7 Å². The zero-order chi connectivity index (χ0) is 20.1. The van der Waals surface area contributed by atoms with Crippen molar-refractivity contribution in [3.63, 3.8) is 0 Å². The van der Waals surface area contributed by atoms with E-state index in [2.05, 4.69) is 10.6 Å². The molecule has 1 fully saturated rings. The van der Waals surface area contributed by atoms with Crippen molar-refractivity contribution in [1.29, 1.82) is 0 Å². The summed E-state index contributed by atoms with van der Waals surface area (Å²) in [5.74, 6) is -0.134. The number of rotatable bonds is 7. The van der Waals surface area contributed by atoms with Crippen molar-refractivity contribution in [2.24, 2.45) is 0 Å². The van der Waals surface area contributed by atoms with Crippen LogP contribution in [0.5, 0.6) is 5.75 Å². The van der Waals surface area contributed by atoms with Crippen LogP contribution in [0.1, 0.15) is 24.5 Å². The first-order chi connectivity index (χ1) is 13.5. The van der Waals surface area contributed by atoms with Gasteiger partial charge in [-0.25, -0.2) is 4.79 Å². The third-order valence-corrected chi connectivity index (χ3v) is 4.90. The first-order valence-corrected chi connectivity index (χ1v) is 9.09. The molecule has 3 rings (SSSR count). The van der Waals surface area contributed by atoms with Gasteiger partial charge in [0.05, 0.1) is 7.11 Å². The maximum atomic E-state index is 13.0. The molecule has 1 aliphatic heterocycles. The van der Waals surface area contributed by atoms with Crippen LogP contribution in [-0.2, 0) is 21.7 Å². The van der Waals surface area contributed by atoms with Gasteiger partial charge in [-0.2, -0.15) is 0 Å². The van der Waals surface area contributed by atoms with Gasteiger partial charge in [-0.1, -0.05) is 49.4 Å². The number of carbonyl (C=O) groups excluding carboxylic acids is 3. The number of carbonyl (C=O) groups is 3. The van der Waals surface area contributed by atoms with E-state index in [4.69, 9.17) is 4.74 Å². The maximum Gasteiger partial charge on any atom is 0.325 e. The lowest BCUT2D eigenvalue weighted by Crippen LogP contribution is -2.44. The Morgan fingerprint density at radius 1 is 1.14 bits per heavy atom. The minimum Gasteiger partial charge on any atom is -0.497 e. The first kappa shape index (κ1) is 19.4. The number of benzene rings is 2. The number of ether oxygens (including phenoxy) is 1. The highest BCUT2D eigenvalue weighted by atomic mass is 16.5. The zero-order valence-electron chi connectivity index (χ0n) is 15.9. The molecular weight excluding hydrogens is 358 g/mol. The second-order valence-corrected chi connectivity index (χ2v) is 6.57. The zero-order valence-corrected chi connectivity index (χ0v) is 15.9. The van der Waals surface area contributed by atoms with Gasteiger partial charge in [-0.3, -0.25) is 14.5 Å². The van der Waals surface area contributed by atoms with Gasteiger partial charge >= 0.3 is 6.03 Å². The van der Waals surface area contributed by atoms with Crippen molar-refractivity contribution in [2.75, 3.05) is 13.7 Å². The Hall–Kier alpha value is -3.35. The number of imide groups is 1. The van der Waals surface area contributed by atoms with Crippen molar-refractivity contribution in [2.45, 2.75) is 25.4 Å². The van der Waals surface area contributed by atoms with E-state index in [-0.39, 0.29) is 13.1 Å². The molecule has 7 heteroatoms. The molecule has 0 unspecified atom stereocenters. The Morgan fingerprint density at radius 3 is 2.57 bits per heavy atom. The van der Waals surface area contributed by atoms with Crippen LogP contribution in [0.2, 0.25) is 0 Å². The van der Waals surface area contributed by atoms with E-state index in [1.54, 1.807) is 19.2 Å². The third kappa shape index (κ3) is 3.69. The lowest BCUT2D eigenvalue weighted by molar-refractivity contribution is -0.135. The van der Waals surface area contributed by atoms with E-state index in [1.807, 2.05) is 49.4 Å². The van der Waals surface area contributed by atoms with Gasteiger partial charge in [0.25, 0.3) is 5.91 Å². The smallest absolute Gasteiger partial charge is 0.325 e. The fourth-order valence-corrected chi connectivity index (χ4v) is 3.31. The predicted molar refractivity (Wildman–Crippen MR) is 103 cm³/mol. The molecule has 4 amide bonds. The Bertz CT molecular complexity index is 884. The largest absolute Gasteiger partial charge is 0.497 e. The lowest BCUT2D eigenvalue weighted by Gasteiger charge is -2.25. The van der Waals surface area contributed by atoms with Crippen LogP contribution in [0.4, 0.5) is 4.79 Å². The van der Waals surface area contributed by atoms with Crippen LogP contribution in [0.3, 0.4) is 0 Å². The molecule has 0 aliphatic carbocycles. The number of amides is 4. The van der Waals surface area contributed by atoms with Crippen LogP contribution >= 0.6 is 0 Å². The summed E-state index contributed by atoms with van der Waals surface area (Å²) in [5, 5.41) is 5.50. The summed E-state index contributed by atoms with van der Waals surface area (Å²) in [5.41, 5.74) is 0.429. The van der Waals surface area contributed by atoms with Gasteiger partial charge in [0.15, 0.2) is 0 Å². The van der Waals surface area contributed by atoms with Crippen molar-refractivity contribution < 1.29 is 19.1 Å². The van der Waals surface area contributed by atoms with E-state index in [1.165, 1.54) is 0 Å². The van der Waals surface area contributed by atoms with E-state index >= 15 is 0 Å². The number of urea groups is 1. The van der Waals surface area contributed by atoms with E-state index in [9.17, 15) is 14.4 Å². The van der Waals surface area contributed by atoms with Gasteiger partial charge < -0.3 is 15.4 Å². The Kier molecular flexibility index (Phi) is 5.63. The summed E-state index contributed by atoms with van der Waals surface area (Å²) >= 11 is 0. The van der Waals surface area contributed by atoms with E-state index in [0.717, 1.165) is 10.5 Å². The predicted octanol–water partition coefficient (Wildman–Crippen LogP) is 2.17. The van der Waals surface area contributed by atoms with Crippen molar-refractivity contribution in [3.8, 4) is 5.75 Å². The molecule has 0 saturated carbocycles. The molecule has 146 valence electrons. The van der Waals surface area contributed by atoms with E-state index < -0.39 is 23.4 Å². The second-order valence-electron chi connectivity index (χ2n) is 6.57. The SMILES string of the molecule is CC[C@]1(c2ccccc2)NC(=O)N(CC(=O)NCc2cccc(OC)c2)C1=O. The molecule has 1 atom stereocenters. The first-order valence-electron chi connectivity index (χ1n) is 9.09. The lowest BCUT2D eigenvalue weighted by atomic mass is 9.87. The molecule has 1 aliphatic rings. The van der Waals surface area contributed by atoms with Gasteiger partial charge in [0.1, 0.15) is 17.8 Å². The summed E-state index contributed by atoms with van der Waals surface area (Å²) in [6, 6.07) is 15.8. The molecule has 0 radical (unpaired) electrons. The molecule has 0 bridgehead atoms. The fourth-order valence-electron chi connectivity index (χ4n) is 3.31. The maximum absolute atomic E-state index is 13.0. The molecule has 2 aromatic carbocycles.